The van der Waals surface area contributed by atoms with Crippen molar-refractivity contribution in [3.8, 4) is 33.8 Å². The fourth-order valence-corrected chi connectivity index (χ4v) is 3.20. The summed E-state index contributed by atoms with van der Waals surface area (Å²) in [6, 6.07) is 20.9. The lowest BCUT2D eigenvalue weighted by molar-refractivity contribution is 0.628. The molecule has 5 rings (SSSR count). The van der Waals surface area contributed by atoms with Crippen molar-refractivity contribution in [2.75, 3.05) is 5.32 Å². The number of rotatable bonds is 5. The van der Waals surface area contributed by atoms with E-state index in [9.17, 15) is 4.39 Å². The molecule has 0 atom stereocenters. The van der Waals surface area contributed by atoms with Crippen molar-refractivity contribution >= 4 is 5.82 Å². The highest BCUT2D eigenvalue weighted by Crippen LogP contribution is 2.30. The highest BCUT2D eigenvalue weighted by molar-refractivity contribution is 5.72. The Hall–Kier alpha value is -3.60. The zero-order chi connectivity index (χ0) is 19.6. The monoisotopic (exact) mass is 382 g/mol. The maximum atomic E-state index is 13.3. The van der Waals surface area contributed by atoms with Gasteiger partial charge in [-0.1, -0.05) is 42.5 Å². The largest absolute Gasteiger partial charge is 0.367 e. The molecular weight excluding hydrogens is 363 g/mol. The first kappa shape index (κ1) is 17.5. The summed E-state index contributed by atoms with van der Waals surface area (Å²) in [4.78, 5) is 13.9. The van der Waals surface area contributed by atoms with Gasteiger partial charge in [-0.25, -0.2) is 14.4 Å². The third-order valence-corrected chi connectivity index (χ3v) is 4.90. The van der Waals surface area contributed by atoms with E-state index < -0.39 is 0 Å². The van der Waals surface area contributed by atoms with Gasteiger partial charge in [-0.3, -0.25) is 4.98 Å². The Morgan fingerprint density at radius 3 is 2.28 bits per heavy atom. The quantitative estimate of drug-likeness (QED) is 0.489. The van der Waals surface area contributed by atoms with Crippen LogP contribution < -0.4 is 5.32 Å². The van der Waals surface area contributed by atoms with Crippen LogP contribution in [0.3, 0.4) is 0 Å². The zero-order valence-corrected chi connectivity index (χ0v) is 15.7. The Balaban J connectivity index is 1.57. The van der Waals surface area contributed by atoms with Crippen molar-refractivity contribution in [1.82, 2.24) is 15.0 Å². The molecule has 2 aromatic carbocycles. The second-order valence-corrected chi connectivity index (χ2v) is 7.22. The Morgan fingerprint density at radius 2 is 1.52 bits per heavy atom. The summed E-state index contributed by atoms with van der Waals surface area (Å²) in [7, 11) is 0. The first-order valence-corrected chi connectivity index (χ1v) is 9.67. The molecule has 0 saturated heterocycles. The smallest absolute Gasteiger partial charge is 0.162 e. The van der Waals surface area contributed by atoms with E-state index >= 15 is 0 Å². The van der Waals surface area contributed by atoms with Gasteiger partial charge < -0.3 is 5.32 Å². The molecule has 4 nitrogen and oxygen atoms in total. The van der Waals surface area contributed by atoms with Crippen molar-refractivity contribution in [3.63, 3.8) is 0 Å². The van der Waals surface area contributed by atoms with E-state index in [0.717, 1.165) is 33.8 Å². The van der Waals surface area contributed by atoms with Crippen LogP contribution in [0.25, 0.3) is 33.8 Å². The molecule has 1 aliphatic carbocycles. The minimum atomic E-state index is -0.253. The van der Waals surface area contributed by atoms with Crippen LogP contribution in [0.1, 0.15) is 12.8 Å². The number of halogens is 1. The molecule has 2 aromatic heterocycles. The van der Waals surface area contributed by atoms with Gasteiger partial charge in [0.2, 0.25) is 0 Å². The third kappa shape index (κ3) is 3.99. The number of aromatic nitrogens is 3. The molecule has 0 amide bonds. The van der Waals surface area contributed by atoms with E-state index in [0.29, 0.717) is 11.9 Å². The van der Waals surface area contributed by atoms with Crippen LogP contribution in [0.4, 0.5) is 10.2 Å². The van der Waals surface area contributed by atoms with E-state index in [1.165, 1.54) is 25.0 Å². The molecule has 4 aromatic rings. The van der Waals surface area contributed by atoms with Gasteiger partial charge in [0, 0.05) is 41.2 Å². The van der Waals surface area contributed by atoms with Crippen molar-refractivity contribution in [2.24, 2.45) is 0 Å². The van der Waals surface area contributed by atoms with Gasteiger partial charge in [0.05, 0.1) is 5.69 Å². The molecule has 29 heavy (non-hydrogen) atoms. The molecule has 1 fully saturated rings. The SMILES string of the molecule is Fc1ccc(-c2cncc(-c3cc(NC4CC4)nc(-c4ccccc4)n3)c2)cc1. The van der Waals surface area contributed by atoms with Gasteiger partial charge in [0.25, 0.3) is 0 Å². The highest BCUT2D eigenvalue weighted by atomic mass is 19.1. The molecule has 0 aliphatic heterocycles. The Labute approximate surface area is 168 Å². The van der Waals surface area contributed by atoms with Gasteiger partial charge in [0.15, 0.2) is 5.82 Å². The normalized spacial score (nSPS) is 13.3. The summed E-state index contributed by atoms with van der Waals surface area (Å²) in [6.45, 7) is 0. The molecular formula is C24H19FN4. The fourth-order valence-electron chi connectivity index (χ4n) is 3.20. The molecule has 1 aliphatic rings. The molecule has 142 valence electrons. The van der Waals surface area contributed by atoms with Crippen LogP contribution in [-0.2, 0) is 0 Å². The number of hydrogen-bond acceptors (Lipinski definition) is 4. The van der Waals surface area contributed by atoms with Crippen LogP contribution >= 0.6 is 0 Å². The Kier molecular flexibility index (Phi) is 4.48. The second-order valence-electron chi connectivity index (χ2n) is 7.22. The summed E-state index contributed by atoms with van der Waals surface area (Å²) in [6.07, 6.45) is 5.91. The molecule has 0 unspecified atom stereocenters. The maximum Gasteiger partial charge on any atom is 0.162 e. The first-order valence-electron chi connectivity index (χ1n) is 9.67. The minimum Gasteiger partial charge on any atom is -0.367 e. The predicted octanol–water partition coefficient (Wildman–Crippen LogP) is 5.59. The van der Waals surface area contributed by atoms with E-state index in [-0.39, 0.29) is 5.82 Å². The molecule has 1 saturated carbocycles. The average Bonchev–Trinajstić information content (AvgIpc) is 3.59. The highest BCUT2D eigenvalue weighted by Gasteiger charge is 2.22. The summed E-state index contributed by atoms with van der Waals surface area (Å²) in [5.74, 6) is 1.25. The van der Waals surface area contributed by atoms with Crippen molar-refractivity contribution in [3.05, 3.63) is 84.9 Å². The van der Waals surface area contributed by atoms with Crippen LogP contribution in [0.2, 0.25) is 0 Å². The molecule has 2 heterocycles. The summed E-state index contributed by atoms with van der Waals surface area (Å²) in [5, 5.41) is 3.48. The Bertz CT molecular complexity index is 1140. The number of pyridine rings is 1. The zero-order valence-electron chi connectivity index (χ0n) is 15.7. The van der Waals surface area contributed by atoms with Crippen molar-refractivity contribution in [1.29, 1.82) is 0 Å². The number of benzene rings is 2. The lowest BCUT2D eigenvalue weighted by Gasteiger charge is -2.11. The van der Waals surface area contributed by atoms with E-state index in [2.05, 4.69) is 10.3 Å². The van der Waals surface area contributed by atoms with Gasteiger partial charge >= 0.3 is 0 Å². The molecule has 5 heteroatoms. The van der Waals surface area contributed by atoms with E-state index in [4.69, 9.17) is 9.97 Å². The number of nitrogens with one attached hydrogen (secondary N) is 1. The molecule has 0 spiro atoms. The first-order chi connectivity index (χ1) is 14.2. The number of hydrogen-bond donors (Lipinski definition) is 1. The second kappa shape index (κ2) is 7.43. The topological polar surface area (TPSA) is 50.7 Å². The minimum absolute atomic E-state index is 0.253. The van der Waals surface area contributed by atoms with Crippen molar-refractivity contribution in [2.45, 2.75) is 18.9 Å². The van der Waals surface area contributed by atoms with Crippen LogP contribution in [0.5, 0.6) is 0 Å². The van der Waals surface area contributed by atoms with Crippen LogP contribution in [0.15, 0.2) is 79.1 Å². The fraction of sp³-hybridized carbons (Fsp3) is 0.125. The Morgan fingerprint density at radius 1 is 0.759 bits per heavy atom. The lowest BCUT2D eigenvalue weighted by Crippen LogP contribution is -2.05. The third-order valence-electron chi connectivity index (χ3n) is 4.90. The van der Waals surface area contributed by atoms with E-state index in [1.54, 1.807) is 24.5 Å². The van der Waals surface area contributed by atoms with Crippen molar-refractivity contribution < 1.29 is 4.39 Å². The van der Waals surface area contributed by atoms with Gasteiger partial charge in [-0.2, -0.15) is 0 Å². The van der Waals surface area contributed by atoms with E-state index in [1.807, 2.05) is 42.5 Å². The maximum absolute atomic E-state index is 13.3. The molecule has 0 radical (unpaired) electrons. The van der Waals surface area contributed by atoms with Crippen LogP contribution in [-0.4, -0.2) is 21.0 Å². The van der Waals surface area contributed by atoms with Gasteiger partial charge in [-0.15, -0.1) is 0 Å². The summed E-state index contributed by atoms with van der Waals surface area (Å²) in [5.41, 5.74) is 4.49. The molecule has 1 N–H and O–H groups in total. The summed E-state index contributed by atoms with van der Waals surface area (Å²) >= 11 is 0. The number of nitrogens with zero attached hydrogens (tertiary/aromatic N) is 3. The predicted molar refractivity (Wildman–Crippen MR) is 113 cm³/mol. The van der Waals surface area contributed by atoms with Crippen LogP contribution in [0, 0.1) is 5.82 Å². The lowest BCUT2D eigenvalue weighted by atomic mass is 10.0. The summed E-state index contributed by atoms with van der Waals surface area (Å²) < 4.78 is 13.3. The number of anilines is 1. The average molecular weight is 382 g/mol. The van der Waals surface area contributed by atoms with Gasteiger partial charge in [0.1, 0.15) is 11.6 Å². The standard InChI is InChI=1S/C24H19FN4/c25-20-8-6-16(7-9-20)18-12-19(15-26-14-18)22-13-23(27-21-10-11-21)29-24(28-22)17-4-2-1-3-5-17/h1-9,12-15,21H,10-11H2,(H,27,28,29). The van der Waals surface area contributed by atoms with Gasteiger partial charge in [-0.05, 0) is 36.6 Å². The molecule has 0 bridgehead atoms.